The van der Waals surface area contributed by atoms with Gasteiger partial charge in [0, 0.05) is 26.8 Å². The third-order valence-electron chi connectivity index (χ3n) is 3.20. The van der Waals surface area contributed by atoms with Crippen LogP contribution in [0.5, 0.6) is 11.5 Å². The fraction of sp³-hybridized carbons (Fsp3) is 0.529. The van der Waals surface area contributed by atoms with Gasteiger partial charge < -0.3 is 30.2 Å². The Morgan fingerprint density at radius 2 is 1.92 bits per heavy atom. The molecule has 26 heavy (non-hydrogen) atoms. The number of hydrogen-bond acceptors (Lipinski definition) is 5. The van der Waals surface area contributed by atoms with Gasteiger partial charge in [0.1, 0.15) is 17.6 Å². The zero-order valence-corrected chi connectivity index (χ0v) is 18.0. The number of ether oxygens (including phenoxy) is 3. The van der Waals surface area contributed by atoms with E-state index in [-0.39, 0.29) is 42.5 Å². The Balaban J connectivity index is 0.00000625. The summed E-state index contributed by atoms with van der Waals surface area (Å²) >= 11 is 0. The molecule has 1 aromatic rings. The zero-order chi connectivity index (χ0) is 18.5. The molecule has 3 N–H and O–H groups in total. The van der Waals surface area contributed by atoms with Gasteiger partial charge in [-0.3, -0.25) is 9.79 Å². The second-order valence-corrected chi connectivity index (χ2v) is 5.26. The maximum absolute atomic E-state index is 11.6. The summed E-state index contributed by atoms with van der Waals surface area (Å²) < 4.78 is 15.9. The highest BCUT2D eigenvalue weighted by Crippen LogP contribution is 2.19. The first-order valence-electron chi connectivity index (χ1n) is 8.10. The fourth-order valence-corrected chi connectivity index (χ4v) is 1.93. The molecule has 1 aromatic carbocycles. The van der Waals surface area contributed by atoms with E-state index in [9.17, 15) is 4.79 Å². The van der Waals surface area contributed by atoms with Gasteiger partial charge in [0.25, 0.3) is 0 Å². The number of methoxy groups -OCH3 is 2. The van der Waals surface area contributed by atoms with Crippen molar-refractivity contribution in [3.05, 3.63) is 24.3 Å². The van der Waals surface area contributed by atoms with Gasteiger partial charge in [-0.1, -0.05) is 6.07 Å². The summed E-state index contributed by atoms with van der Waals surface area (Å²) in [6.07, 6.45) is -0.0961. The second-order valence-electron chi connectivity index (χ2n) is 5.26. The van der Waals surface area contributed by atoms with Crippen LogP contribution in [0.15, 0.2) is 29.3 Å². The van der Waals surface area contributed by atoms with Crippen molar-refractivity contribution in [1.29, 1.82) is 0 Å². The van der Waals surface area contributed by atoms with Crippen LogP contribution in [0.25, 0.3) is 0 Å². The molecule has 1 amide bonds. The van der Waals surface area contributed by atoms with Gasteiger partial charge >= 0.3 is 0 Å². The number of benzene rings is 1. The molecule has 0 radical (unpaired) electrons. The number of amides is 1. The lowest BCUT2D eigenvalue weighted by atomic mass is 10.3. The van der Waals surface area contributed by atoms with E-state index in [0.29, 0.717) is 25.7 Å². The van der Waals surface area contributed by atoms with Crippen LogP contribution in [0, 0.1) is 0 Å². The van der Waals surface area contributed by atoms with Gasteiger partial charge in [0.15, 0.2) is 5.96 Å². The first-order valence-corrected chi connectivity index (χ1v) is 8.10. The van der Waals surface area contributed by atoms with Crippen LogP contribution < -0.4 is 25.4 Å². The van der Waals surface area contributed by atoms with E-state index in [2.05, 4.69) is 20.9 Å². The minimum absolute atomic E-state index is 0. The highest BCUT2D eigenvalue weighted by Gasteiger charge is 2.08. The maximum Gasteiger partial charge on any atom is 0.239 e. The molecule has 0 saturated carbocycles. The molecule has 1 atom stereocenters. The Morgan fingerprint density at radius 1 is 1.19 bits per heavy atom. The quantitative estimate of drug-likeness (QED) is 0.200. The summed E-state index contributed by atoms with van der Waals surface area (Å²) in [6, 6.07) is 7.43. The van der Waals surface area contributed by atoms with Crippen molar-refractivity contribution >= 4 is 35.8 Å². The van der Waals surface area contributed by atoms with Crippen molar-refractivity contribution in [3.8, 4) is 11.5 Å². The molecule has 0 bridgehead atoms. The monoisotopic (exact) mass is 480 g/mol. The number of nitrogens with zero attached hydrogens (tertiary/aromatic N) is 1. The number of hydrogen-bond donors (Lipinski definition) is 3. The minimum Gasteiger partial charge on any atom is -0.497 e. The van der Waals surface area contributed by atoms with Gasteiger partial charge in [0.05, 0.1) is 26.8 Å². The Kier molecular flexibility index (Phi) is 13.5. The smallest absolute Gasteiger partial charge is 0.239 e. The molecule has 8 nitrogen and oxygen atoms in total. The van der Waals surface area contributed by atoms with E-state index in [1.165, 1.54) is 0 Å². The summed E-state index contributed by atoms with van der Waals surface area (Å²) in [6.45, 7) is 3.57. The lowest BCUT2D eigenvalue weighted by Gasteiger charge is -2.18. The van der Waals surface area contributed by atoms with Gasteiger partial charge in [0.2, 0.25) is 5.91 Å². The summed E-state index contributed by atoms with van der Waals surface area (Å²) in [5.41, 5.74) is 0. The van der Waals surface area contributed by atoms with Crippen molar-refractivity contribution < 1.29 is 19.0 Å². The van der Waals surface area contributed by atoms with Gasteiger partial charge in [-0.2, -0.15) is 0 Å². The topological polar surface area (TPSA) is 93.2 Å². The molecule has 1 rings (SSSR count). The average Bonchev–Trinajstić information content (AvgIpc) is 2.62. The summed E-state index contributed by atoms with van der Waals surface area (Å²) in [5.74, 6) is 1.88. The molecule has 1 unspecified atom stereocenters. The largest absolute Gasteiger partial charge is 0.497 e. The number of carbonyl (C=O) groups is 1. The third kappa shape index (κ3) is 10.3. The van der Waals surface area contributed by atoms with Crippen molar-refractivity contribution in [2.75, 3.05) is 47.5 Å². The SMILES string of the molecule is CN=C(NCC(=O)NCCOC)NCC(C)Oc1cccc(OC)c1.I. The molecule has 148 valence electrons. The van der Waals surface area contributed by atoms with Crippen molar-refractivity contribution in [2.24, 2.45) is 4.99 Å². The minimum atomic E-state index is -0.124. The zero-order valence-electron chi connectivity index (χ0n) is 15.7. The molecule has 0 aliphatic carbocycles. The lowest BCUT2D eigenvalue weighted by molar-refractivity contribution is -0.120. The molecule has 0 aliphatic heterocycles. The molecule has 0 aliphatic rings. The third-order valence-corrected chi connectivity index (χ3v) is 3.20. The Bertz CT molecular complexity index is 557. The molecular formula is C17H29IN4O4. The summed E-state index contributed by atoms with van der Waals surface area (Å²) in [4.78, 5) is 15.7. The number of nitrogens with one attached hydrogen (secondary N) is 3. The molecule has 0 heterocycles. The van der Waals surface area contributed by atoms with Gasteiger partial charge in [-0.25, -0.2) is 0 Å². The van der Waals surface area contributed by atoms with Gasteiger partial charge in [-0.15, -0.1) is 24.0 Å². The normalized spacial score (nSPS) is 11.8. The first kappa shape index (κ1) is 24.2. The molecule has 0 aromatic heterocycles. The number of guanidine groups is 1. The number of halogens is 1. The van der Waals surface area contributed by atoms with Crippen molar-refractivity contribution in [1.82, 2.24) is 16.0 Å². The highest BCUT2D eigenvalue weighted by atomic mass is 127. The van der Waals surface area contributed by atoms with E-state index >= 15 is 0 Å². The summed E-state index contributed by atoms with van der Waals surface area (Å²) in [5, 5.41) is 8.79. The Morgan fingerprint density at radius 3 is 2.58 bits per heavy atom. The summed E-state index contributed by atoms with van der Waals surface area (Å²) in [7, 11) is 4.85. The van der Waals surface area contributed by atoms with Crippen molar-refractivity contribution in [2.45, 2.75) is 13.0 Å². The van der Waals surface area contributed by atoms with Crippen LogP contribution in [0.1, 0.15) is 6.92 Å². The second kappa shape index (κ2) is 14.4. The molecule has 9 heteroatoms. The van der Waals surface area contributed by atoms with E-state index in [1.807, 2.05) is 31.2 Å². The predicted molar refractivity (Wildman–Crippen MR) is 113 cm³/mol. The Hall–Kier alpha value is -1.75. The highest BCUT2D eigenvalue weighted by molar-refractivity contribution is 14.0. The van der Waals surface area contributed by atoms with Crippen LogP contribution in [-0.2, 0) is 9.53 Å². The molecule has 0 saturated heterocycles. The van der Waals surface area contributed by atoms with Crippen LogP contribution in [0.3, 0.4) is 0 Å². The standard InChI is InChI=1S/C17H28N4O4.HI/c1-13(25-15-7-5-6-14(10-15)24-4)11-20-17(18-2)21-12-16(22)19-8-9-23-3;/h5-7,10,13H,8-9,11-12H2,1-4H3,(H,19,22)(H2,18,20,21);1H. The van der Waals surface area contributed by atoms with E-state index in [1.54, 1.807) is 21.3 Å². The average molecular weight is 480 g/mol. The first-order chi connectivity index (χ1) is 12.1. The number of carbonyl (C=O) groups excluding carboxylic acids is 1. The molecule has 0 spiro atoms. The maximum atomic E-state index is 11.6. The van der Waals surface area contributed by atoms with E-state index < -0.39 is 0 Å². The van der Waals surface area contributed by atoms with Crippen LogP contribution in [-0.4, -0.2) is 65.5 Å². The van der Waals surface area contributed by atoms with Crippen LogP contribution >= 0.6 is 24.0 Å². The number of aliphatic imine (C=N–C) groups is 1. The van der Waals surface area contributed by atoms with Crippen LogP contribution in [0.2, 0.25) is 0 Å². The number of rotatable bonds is 10. The lowest BCUT2D eigenvalue weighted by Crippen LogP contribution is -2.45. The molecular weight excluding hydrogens is 451 g/mol. The van der Waals surface area contributed by atoms with E-state index in [4.69, 9.17) is 14.2 Å². The Labute approximate surface area is 172 Å². The molecule has 0 fully saturated rings. The fourth-order valence-electron chi connectivity index (χ4n) is 1.93. The van der Waals surface area contributed by atoms with Gasteiger partial charge in [-0.05, 0) is 19.1 Å². The van der Waals surface area contributed by atoms with Crippen molar-refractivity contribution in [3.63, 3.8) is 0 Å². The van der Waals surface area contributed by atoms with E-state index in [0.717, 1.165) is 11.5 Å². The predicted octanol–water partition coefficient (Wildman–Crippen LogP) is 1.01. The van der Waals surface area contributed by atoms with Crippen LogP contribution in [0.4, 0.5) is 0 Å².